The quantitative estimate of drug-likeness (QED) is 0.858. The molecule has 1 saturated heterocycles. The molecule has 0 aliphatic carbocycles. The van der Waals surface area contributed by atoms with Crippen LogP contribution < -0.4 is 5.32 Å². The smallest absolute Gasteiger partial charge is 0.255 e. The molecule has 0 unspecified atom stereocenters. The summed E-state index contributed by atoms with van der Waals surface area (Å²) >= 11 is 0. The minimum Gasteiger partial charge on any atom is -0.319 e. The van der Waals surface area contributed by atoms with Crippen LogP contribution in [-0.4, -0.2) is 31.7 Å². The van der Waals surface area contributed by atoms with Crippen LogP contribution in [0.4, 0.5) is 14.5 Å². The predicted molar refractivity (Wildman–Crippen MR) is 98.0 cm³/mol. The number of hydrogen-bond acceptors (Lipinski definition) is 3. The first-order valence-corrected chi connectivity index (χ1v) is 10.2. The first-order chi connectivity index (χ1) is 12.9. The first-order valence-electron chi connectivity index (χ1n) is 8.74. The monoisotopic (exact) mass is 394 g/mol. The van der Waals surface area contributed by atoms with Gasteiger partial charge in [0.1, 0.15) is 11.6 Å². The number of amides is 1. The largest absolute Gasteiger partial charge is 0.319 e. The minimum atomic E-state index is -3.60. The van der Waals surface area contributed by atoms with Gasteiger partial charge in [-0.25, -0.2) is 17.2 Å². The molecule has 0 radical (unpaired) electrons. The average molecular weight is 394 g/mol. The molecular weight excluding hydrogens is 374 g/mol. The molecule has 1 aliphatic heterocycles. The Hall–Kier alpha value is -2.32. The van der Waals surface area contributed by atoms with E-state index in [1.807, 2.05) is 0 Å². The Balaban J connectivity index is 1.75. The van der Waals surface area contributed by atoms with Gasteiger partial charge in [0.25, 0.3) is 5.91 Å². The molecular formula is C19H20F2N2O3S. The molecule has 2 aromatic carbocycles. The lowest BCUT2D eigenvalue weighted by molar-refractivity contribution is 0.102. The molecule has 0 atom stereocenters. The zero-order chi connectivity index (χ0) is 19.4. The molecule has 1 fully saturated rings. The number of carbonyl (C=O) groups excluding carboxylic acids is 1. The maximum Gasteiger partial charge on any atom is 0.255 e. The SMILES string of the molecule is O=C(Nc1ccc(F)cc1F)c1ccc(S(=O)(=O)N2CCCCCC2)cc1. The summed E-state index contributed by atoms with van der Waals surface area (Å²) < 4.78 is 53.5. The van der Waals surface area contributed by atoms with Gasteiger partial charge in [0.2, 0.25) is 10.0 Å². The van der Waals surface area contributed by atoms with E-state index in [4.69, 9.17) is 0 Å². The van der Waals surface area contributed by atoms with E-state index < -0.39 is 27.6 Å². The van der Waals surface area contributed by atoms with E-state index in [0.29, 0.717) is 19.2 Å². The standard InChI is InChI=1S/C19H20F2N2O3S/c20-15-7-10-18(17(21)13-15)22-19(24)14-5-8-16(9-6-14)27(25,26)23-11-3-1-2-4-12-23/h5-10,13H,1-4,11-12H2,(H,22,24). The van der Waals surface area contributed by atoms with Gasteiger partial charge in [-0.2, -0.15) is 4.31 Å². The van der Waals surface area contributed by atoms with E-state index in [1.54, 1.807) is 0 Å². The fraction of sp³-hybridized carbons (Fsp3) is 0.316. The van der Waals surface area contributed by atoms with Gasteiger partial charge < -0.3 is 5.32 Å². The number of benzene rings is 2. The molecule has 27 heavy (non-hydrogen) atoms. The van der Waals surface area contributed by atoms with Crippen molar-refractivity contribution in [2.45, 2.75) is 30.6 Å². The number of nitrogens with one attached hydrogen (secondary N) is 1. The number of hydrogen-bond donors (Lipinski definition) is 1. The maximum atomic E-state index is 13.6. The summed E-state index contributed by atoms with van der Waals surface area (Å²) in [5, 5.41) is 2.34. The molecule has 0 spiro atoms. The first kappa shape index (κ1) is 19.4. The van der Waals surface area contributed by atoms with Crippen molar-refractivity contribution in [3.05, 3.63) is 59.7 Å². The second-order valence-electron chi connectivity index (χ2n) is 6.42. The van der Waals surface area contributed by atoms with Crippen molar-refractivity contribution in [2.24, 2.45) is 0 Å². The molecule has 8 heteroatoms. The lowest BCUT2D eigenvalue weighted by atomic mass is 10.2. The summed E-state index contributed by atoms with van der Waals surface area (Å²) in [4.78, 5) is 12.3. The van der Waals surface area contributed by atoms with Crippen molar-refractivity contribution in [1.82, 2.24) is 4.31 Å². The lowest BCUT2D eigenvalue weighted by Crippen LogP contribution is -2.31. The van der Waals surface area contributed by atoms with E-state index >= 15 is 0 Å². The van der Waals surface area contributed by atoms with Gasteiger partial charge >= 0.3 is 0 Å². The third kappa shape index (κ3) is 4.51. The van der Waals surface area contributed by atoms with Crippen molar-refractivity contribution in [1.29, 1.82) is 0 Å². The summed E-state index contributed by atoms with van der Waals surface area (Å²) in [6.07, 6.45) is 3.71. The summed E-state index contributed by atoms with van der Waals surface area (Å²) in [6, 6.07) is 8.33. The van der Waals surface area contributed by atoms with Gasteiger partial charge in [-0.1, -0.05) is 12.8 Å². The number of sulfonamides is 1. The summed E-state index contributed by atoms with van der Waals surface area (Å²) in [5.41, 5.74) is 0.0243. The van der Waals surface area contributed by atoms with Gasteiger partial charge in [0, 0.05) is 24.7 Å². The minimum absolute atomic E-state index is 0.119. The zero-order valence-corrected chi connectivity index (χ0v) is 15.4. The Labute approximate surface area is 157 Å². The summed E-state index contributed by atoms with van der Waals surface area (Å²) in [6.45, 7) is 0.989. The summed E-state index contributed by atoms with van der Waals surface area (Å²) in [7, 11) is -3.60. The normalized spacial score (nSPS) is 15.9. The molecule has 144 valence electrons. The Morgan fingerprint density at radius 1 is 0.926 bits per heavy atom. The van der Waals surface area contributed by atoms with Crippen molar-refractivity contribution in [2.75, 3.05) is 18.4 Å². The molecule has 5 nitrogen and oxygen atoms in total. The molecule has 1 aliphatic rings. The molecule has 1 N–H and O–H groups in total. The van der Waals surface area contributed by atoms with Crippen LogP contribution in [-0.2, 0) is 10.0 Å². The van der Waals surface area contributed by atoms with Gasteiger partial charge in [0.05, 0.1) is 10.6 Å². The van der Waals surface area contributed by atoms with Crippen LogP contribution >= 0.6 is 0 Å². The van der Waals surface area contributed by atoms with Crippen LogP contribution in [0.1, 0.15) is 36.0 Å². The van der Waals surface area contributed by atoms with Crippen molar-refractivity contribution in [3.8, 4) is 0 Å². The molecule has 1 amide bonds. The molecule has 0 saturated carbocycles. The van der Waals surface area contributed by atoms with Crippen LogP contribution in [0.3, 0.4) is 0 Å². The fourth-order valence-corrected chi connectivity index (χ4v) is 4.51. The van der Waals surface area contributed by atoms with Crippen LogP contribution in [0.5, 0.6) is 0 Å². The molecule has 0 bridgehead atoms. The van der Waals surface area contributed by atoms with Gasteiger partial charge in [-0.3, -0.25) is 4.79 Å². The maximum absolute atomic E-state index is 13.6. The second-order valence-corrected chi connectivity index (χ2v) is 8.36. The van der Waals surface area contributed by atoms with Crippen molar-refractivity contribution < 1.29 is 22.0 Å². The third-order valence-corrected chi connectivity index (χ3v) is 6.41. The van der Waals surface area contributed by atoms with Gasteiger partial charge in [-0.05, 0) is 49.2 Å². The van der Waals surface area contributed by atoms with Crippen LogP contribution in [0, 0.1) is 11.6 Å². The highest BCUT2D eigenvalue weighted by atomic mass is 32.2. The van der Waals surface area contributed by atoms with Crippen LogP contribution in [0.2, 0.25) is 0 Å². The summed E-state index contributed by atoms with van der Waals surface area (Å²) in [5.74, 6) is -2.24. The van der Waals surface area contributed by atoms with E-state index in [2.05, 4.69) is 5.32 Å². The van der Waals surface area contributed by atoms with E-state index in [1.165, 1.54) is 28.6 Å². The Morgan fingerprint density at radius 2 is 1.56 bits per heavy atom. The van der Waals surface area contributed by atoms with Crippen molar-refractivity contribution in [3.63, 3.8) is 0 Å². The van der Waals surface area contributed by atoms with Crippen LogP contribution in [0.15, 0.2) is 47.4 Å². The average Bonchev–Trinajstić information content (AvgIpc) is 2.94. The lowest BCUT2D eigenvalue weighted by Gasteiger charge is -2.20. The van der Waals surface area contributed by atoms with Crippen LogP contribution in [0.25, 0.3) is 0 Å². The highest BCUT2D eigenvalue weighted by Crippen LogP contribution is 2.21. The molecule has 1 heterocycles. The van der Waals surface area contributed by atoms with E-state index in [0.717, 1.165) is 37.8 Å². The Kier molecular flexibility index (Phi) is 5.86. The zero-order valence-electron chi connectivity index (χ0n) is 14.6. The number of nitrogens with zero attached hydrogens (tertiary/aromatic N) is 1. The number of rotatable bonds is 4. The fourth-order valence-electron chi connectivity index (χ4n) is 2.99. The van der Waals surface area contributed by atoms with Crippen molar-refractivity contribution >= 4 is 21.6 Å². The molecule has 3 rings (SSSR count). The Bertz CT molecular complexity index is 922. The molecule has 0 aromatic heterocycles. The topological polar surface area (TPSA) is 66.5 Å². The van der Waals surface area contributed by atoms with Gasteiger partial charge in [0.15, 0.2) is 0 Å². The molecule has 2 aromatic rings. The number of carbonyl (C=O) groups is 1. The second kappa shape index (κ2) is 8.14. The Morgan fingerprint density at radius 3 is 2.15 bits per heavy atom. The highest BCUT2D eigenvalue weighted by Gasteiger charge is 2.25. The van der Waals surface area contributed by atoms with E-state index in [-0.39, 0.29) is 16.1 Å². The third-order valence-electron chi connectivity index (χ3n) is 4.50. The van der Waals surface area contributed by atoms with E-state index in [9.17, 15) is 22.0 Å². The number of halogens is 2. The van der Waals surface area contributed by atoms with Gasteiger partial charge in [-0.15, -0.1) is 0 Å². The number of anilines is 1. The highest BCUT2D eigenvalue weighted by molar-refractivity contribution is 7.89. The predicted octanol–water partition coefficient (Wildman–Crippen LogP) is 3.78.